The average Bonchev–Trinajstić information content (AvgIpc) is 2.76. The zero-order chi connectivity index (χ0) is 12.1. The Labute approximate surface area is 101 Å². The van der Waals surface area contributed by atoms with E-state index in [1.54, 1.807) is 7.11 Å². The van der Waals surface area contributed by atoms with Gasteiger partial charge in [0.2, 0.25) is 0 Å². The number of aryl methyl sites for hydroxylation is 1. The van der Waals surface area contributed by atoms with Crippen molar-refractivity contribution in [3.05, 3.63) is 47.5 Å². The van der Waals surface area contributed by atoms with Gasteiger partial charge in [-0.05, 0) is 24.6 Å². The highest BCUT2D eigenvalue weighted by Crippen LogP contribution is 2.11. The number of imidazole rings is 1. The molecule has 0 amide bonds. The Balaban J connectivity index is 1.81. The fraction of sp³-hybridized carbons (Fsp3) is 0.308. The molecule has 0 radical (unpaired) electrons. The van der Waals surface area contributed by atoms with E-state index in [0.717, 1.165) is 30.4 Å². The van der Waals surface area contributed by atoms with Crippen LogP contribution in [-0.2, 0) is 13.1 Å². The van der Waals surface area contributed by atoms with Crippen molar-refractivity contribution in [1.29, 1.82) is 0 Å². The van der Waals surface area contributed by atoms with Gasteiger partial charge in [-0.1, -0.05) is 12.1 Å². The third-order valence-electron chi connectivity index (χ3n) is 2.56. The monoisotopic (exact) mass is 231 g/mol. The molecule has 1 aromatic carbocycles. The third kappa shape index (κ3) is 3.32. The molecule has 90 valence electrons. The van der Waals surface area contributed by atoms with Crippen molar-refractivity contribution in [2.24, 2.45) is 0 Å². The van der Waals surface area contributed by atoms with Crippen LogP contribution in [0.1, 0.15) is 17.1 Å². The van der Waals surface area contributed by atoms with E-state index in [4.69, 9.17) is 4.74 Å². The van der Waals surface area contributed by atoms with Gasteiger partial charge in [-0.3, -0.25) is 0 Å². The molecule has 0 bridgehead atoms. The van der Waals surface area contributed by atoms with Gasteiger partial charge in [0.05, 0.1) is 7.11 Å². The zero-order valence-electron chi connectivity index (χ0n) is 10.2. The van der Waals surface area contributed by atoms with Gasteiger partial charge >= 0.3 is 0 Å². The Morgan fingerprint density at radius 1 is 1.24 bits per heavy atom. The molecule has 1 heterocycles. The van der Waals surface area contributed by atoms with E-state index in [1.165, 1.54) is 5.56 Å². The summed E-state index contributed by atoms with van der Waals surface area (Å²) in [6.07, 6.45) is 1.86. The standard InChI is InChI=1S/C13H17N3O/c1-10-15-9-12(16-10)8-14-7-11-3-5-13(17-2)6-4-11/h3-6,9,14H,7-8H2,1-2H3,(H,15,16). The second-order valence-corrected chi connectivity index (χ2v) is 3.95. The molecule has 2 aromatic rings. The topological polar surface area (TPSA) is 49.9 Å². The fourth-order valence-electron chi connectivity index (χ4n) is 1.65. The number of ether oxygens (including phenoxy) is 1. The SMILES string of the molecule is COc1ccc(CNCc2cnc(C)[nH]2)cc1. The molecular formula is C13H17N3O. The number of rotatable bonds is 5. The van der Waals surface area contributed by atoms with E-state index in [-0.39, 0.29) is 0 Å². The molecule has 0 aliphatic carbocycles. The Morgan fingerprint density at radius 2 is 2.00 bits per heavy atom. The molecule has 0 unspecified atom stereocenters. The van der Waals surface area contributed by atoms with Crippen LogP contribution in [0.25, 0.3) is 0 Å². The fourth-order valence-corrected chi connectivity index (χ4v) is 1.65. The minimum Gasteiger partial charge on any atom is -0.497 e. The average molecular weight is 231 g/mol. The lowest BCUT2D eigenvalue weighted by molar-refractivity contribution is 0.414. The Bertz CT molecular complexity index is 462. The van der Waals surface area contributed by atoms with Crippen molar-refractivity contribution in [2.75, 3.05) is 7.11 Å². The smallest absolute Gasteiger partial charge is 0.118 e. The second kappa shape index (κ2) is 5.50. The first-order valence-corrected chi connectivity index (χ1v) is 5.62. The van der Waals surface area contributed by atoms with E-state index in [2.05, 4.69) is 27.4 Å². The molecule has 4 heteroatoms. The molecule has 0 saturated carbocycles. The Morgan fingerprint density at radius 3 is 2.59 bits per heavy atom. The number of nitrogens with zero attached hydrogens (tertiary/aromatic N) is 1. The first-order valence-electron chi connectivity index (χ1n) is 5.62. The van der Waals surface area contributed by atoms with Crippen LogP contribution in [0.15, 0.2) is 30.5 Å². The van der Waals surface area contributed by atoms with Gasteiger partial charge in [0.1, 0.15) is 11.6 Å². The van der Waals surface area contributed by atoms with Crippen LogP contribution in [0.2, 0.25) is 0 Å². The molecule has 0 atom stereocenters. The van der Waals surface area contributed by atoms with Crippen LogP contribution in [-0.4, -0.2) is 17.1 Å². The molecule has 4 nitrogen and oxygen atoms in total. The van der Waals surface area contributed by atoms with Gasteiger partial charge in [-0.25, -0.2) is 4.98 Å². The van der Waals surface area contributed by atoms with Crippen LogP contribution in [0.4, 0.5) is 0 Å². The summed E-state index contributed by atoms with van der Waals surface area (Å²) in [4.78, 5) is 7.34. The largest absolute Gasteiger partial charge is 0.497 e. The number of aromatic amines is 1. The summed E-state index contributed by atoms with van der Waals surface area (Å²) in [5, 5.41) is 3.36. The summed E-state index contributed by atoms with van der Waals surface area (Å²) in [5.74, 6) is 1.84. The predicted molar refractivity (Wildman–Crippen MR) is 66.9 cm³/mol. The van der Waals surface area contributed by atoms with E-state index >= 15 is 0 Å². The number of methoxy groups -OCH3 is 1. The maximum absolute atomic E-state index is 5.11. The van der Waals surface area contributed by atoms with Crippen molar-refractivity contribution in [1.82, 2.24) is 15.3 Å². The van der Waals surface area contributed by atoms with Crippen molar-refractivity contribution < 1.29 is 4.74 Å². The van der Waals surface area contributed by atoms with Crippen molar-refractivity contribution in [2.45, 2.75) is 20.0 Å². The quantitative estimate of drug-likeness (QED) is 0.827. The third-order valence-corrected chi connectivity index (χ3v) is 2.56. The number of nitrogens with one attached hydrogen (secondary N) is 2. The number of benzene rings is 1. The van der Waals surface area contributed by atoms with Gasteiger partial charge in [0, 0.05) is 25.0 Å². The molecule has 0 aliphatic rings. The molecule has 0 aliphatic heterocycles. The molecule has 0 fully saturated rings. The van der Waals surface area contributed by atoms with Crippen LogP contribution in [0.3, 0.4) is 0 Å². The van der Waals surface area contributed by atoms with Crippen LogP contribution in [0, 0.1) is 6.92 Å². The zero-order valence-corrected chi connectivity index (χ0v) is 10.2. The first-order chi connectivity index (χ1) is 8.28. The lowest BCUT2D eigenvalue weighted by Crippen LogP contribution is -2.12. The van der Waals surface area contributed by atoms with Crippen LogP contribution in [0.5, 0.6) is 5.75 Å². The summed E-state index contributed by atoms with van der Waals surface area (Å²) >= 11 is 0. The number of H-pyrrole nitrogens is 1. The minimum atomic E-state index is 0.798. The second-order valence-electron chi connectivity index (χ2n) is 3.95. The summed E-state index contributed by atoms with van der Waals surface area (Å²) in [6, 6.07) is 8.06. The Kier molecular flexibility index (Phi) is 3.77. The van der Waals surface area contributed by atoms with Gasteiger partial charge in [0.15, 0.2) is 0 Å². The molecule has 0 spiro atoms. The van der Waals surface area contributed by atoms with Crippen LogP contribution < -0.4 is 10.1 Å². The maximum Gasteiger partial charge on any atom is 0.118 e. The van der Waals surface area contributed by atoms with Gasteiger partial charge in [-0.2, -0.15) is 0 Å². The summed E-state index contributed by atoms with van der Waals surface area (Å²) in [5.41, 5.74) is 2.35. The maximum atomic E-state index is 5.11. The molecule has 2 rings (SSSR count). The molecule has 1 aromatic heterocycles. The number of hydrogen-bond acceptors (Lipinski definition) is 3. The molecule has 2 N–H and O–H groups in total. The van der Waals surface area contributed by atoms with E-state index < -0.39 is 0 Å². The summed E-state index contributed by atoms with van der Waals surface area (Å²) in [6.45, 7) is 3.59. The summed E-state index contributed by atoms with van der Waals surface area (Å²) in [7, 11) is 1.67. The first kappa shape index (κ1) is 11.7. The van der Waals surface area contributed by atoms with E-state index in [0.29, 0.717) is 0 Å². The molecular weight excluding hydrogens is 214 g/mol. The normalized spacial score (nSPS) is 10.5. The lowest BCUT2D eigenvalue weighted by atomic mass is 10.2. The Hall–Kier alpha value is -1.81. The van der Waals surface area contributed by atoms with Crippen molar-refractivity contribution >= 4 is 0 Å². The van der Waals surface area contributed by atoms with Crippen molar-refractivity contribution in [3.8, 4) is 5.75 Å². The summed E-state index contributed by atoms with van der Waals surface area (Å²) < 4.78 is 5.11. The molecule has 17 heavy (non-hydrogen) atoms. The van der Waals surface area contributed by atoms with Crippen molar-refractivity contribution in [3.63, 3.8) is 0 Å². The van der Waals surface area contributed by atoms with Gasteiger partial charge in [0.25, 0.3) is 0 Å². The predicted octanol–water partition coefficient (Wildman–Crippen LogP) is 2.02. The highest BCUT2D eigenvalue weighted by molar-refractivity contribution is 5.27. The van der Waals surface area contributed by atoms with E-state index in [9.17, 15) is 0 Å². The van der Waals surface area contributed by atoms with E-state index in [1.807, 2.05) is 25.3 Å². The number of hydrogen-bond donors (Lipinski definition) is 2. The van der Waals surface area contributed by atoms with Gasteiger partial charge < -0.3 is 15.0 Å². The van der Waals surface area contributed by atoms with Gasteiger partial charge in [-0.15, -0.1) is 0 Å². The number of aromatic nitrogens is 2. The molecule has 0 saturated heterocycles. The minimum absolute atomic E-state index is 0.798. The highest BCUT2D eigenvalue weighted by Gasteiger charge is 1.97. The van der Waals surface area contributed by atoms with Crippen LogP contribution >= 0.6 is 0 Å². The lowest BCUT2D eigenvalue weighted by Gasteiger charge is -2.04. The highest BCUT2D eigenvalue weighted by atomic mass is 16.5.